The molecule has 0 unspecified atom stereocenters. The summed E-state index contributed by atoms with van der Waals surface area (Å²) >= 11 is 1.31. The fraction of sp³-hybridized carbons (Fsp3) is 0.292. The average molecular weight is 483 g/mol. The van der Waals surface area contributed by atoms with Crippen LogP contribution in [0.4, 0.5) is 10.1 Å². The molecule has 2 aliphatic heterocycles. The Morgan fingerprint density at radius 3 is 2.76 bits per heavy atom. The summed E-state index contributed by atoms with van der Waals surface area (Å²) in [6.45, 7) is 1.23. The van der Waals surface area contributed by atoms with Crippen LogP contribution in [-0.4, -0.2) is 51.9 Å². The van der Waals surface area contributed by atoms with E-state index in [1.807, 2.05) is 0 Å². The Bertz CT molecular complexity index is 1210. The van der Waals surface area contributed by atoms with Crippen molar-refractivity contribution in [2.75, 3.05) is 31.0 Å². The number of ether oxygens (including phenoxy) is 2. The van der Waals surface area contributed by atoms with Gasteiger partial charge < -0.3 is 19.7 Å². The minimum absolute atomic E-state index is 0.00609. The summed E-state index contributed by atoms with van der Waals surface area (Å²) in [5.41, 5.74) is 1.32. The minimum atomic E-state index is -0.330. The number of nitrogens with zero attached hydrogens (tertiary/aromatic N) is 3. The number of benzene rings is 2. The Morgan fingerprint density at radius 1 is 1.12 bits per heavy atom. The molecule has 1 N–H and O–H groups in total. The van der Waals surface area contributed by atoms with Crippen LogP contribution in [0.15, 0.2) is 60.0 Å². The van der Waals surface area contributed by atoms with Gasteiger partial charge in [0.1, 0.15) is 5.82 Å². The van der Waals surface area contributed by atoms with Crippen LogP contribution in [0.25, 0.3) is 5.69 Å². The number of rotatable bonds is 6. The normalized spacial score (nSPS) is 15.4. The molecule has 0 saturated carbocycles. The lowest BCUT2D eigenvalue weighted by molar-refractivity contribution is -0.132. The van der Waals surface area contributed by atoms with Crippen molar-refractivity contribution in [1.82, 2.24) is 14.5 Å². The summed E-state index contributed by atoms with van der Waals surface area (Å²) in [4.78, 5) is 31.5. The molecule has 5 rings (SSSR count). The van der Waals surface area contributed by atoms with E-state index < -0.39 is 0 Å². The van der Waals surface area contributed by atoms with Crippen molar-refractivity contribution in [3.8, 4) is 17.2 Å². The summed E-state index contributed by atoms with van der Waals surface area (Å²) < 4.78 is 26.0. The molecule has 10 heteroatoms. The molecule has 0 atom stereocenters. The Hall–Kier alpha value is -3.53. The number of imidazole rings is 1. The number of fused-ring (bicyclic) bond motifs is 1. The highest BCUT2D eigenvalue weighted by Crippen LogP contribution is 2.34. The number of piperidine rings is 1. The maximum absolute atomic E-state index is 13.6. The van der Waals surface area contributed by atoms with E-state index in [1.165, 1.54) is 23.9 Å². The first-order valence-corrected chi connectivity index (χ1v) is 12.0. The monoisotopic (exact) mass is 482 g/mol. The zero-order chi connectivity index (χ0) is 23.5. The Kier molecular flexibility index (Phi) is 6.39. The molecule has 0 spiro atoms. The fourth-order valence-corrected chi connectivity index (χ4v) is 4.92. The van der Waals surface area contributed by atoms with Gasteiger partial charge in [-0.1, -0.05) is 17.8 Å². The van der Waals surface area contributed by atoms with Crippen LogP contribution in [0.5, 0.6) is 11.5 Å². The maximum Gasteiger partial charge on any atom is 0.233 e. The van der Waals surface area contributed by atoms with Crippen LogP contribution < -0.4 is 14.8 Å². The van der Waals surface area contributed by atoms with Crippen molar-refractivity contribution in [3.05, 3.63) is 60.7 Å². The van der Waals surface area contributed by atoms with E-state index in [9.17, 15) is 14.0 Å². The van der Waals surface area contributed by atoms with Crippen LogP contribution in [-0.2, 0) is 9.59 Å². The number of anilines is 1. The third kappa shape index (κ3) is 4.86. The molecular weight excluding hydrogens is 459 g/mol. The van der Waals surface area contributed by atoms with Gasteiger partial charge in [-0.2, -0.15) is 0 Å². The number of thioether (sulfide) groups is 1. The standard InChI is InChI=1S/C24H23FN4O4S/c25-17-2-1-3-19(12-17)29-11-8-26-24(29)34-14-22(30)28-9-6-16(7-10-28)23(31)27-18-4-5-20-21(13-18)33-15-32-20/h1-5,8,11-13,16H,6-7,9-10,14-15H2,(H,27,31). The van der Waals surface area contributed by atoms with Crippen LogP contribution in [0.2, 0.25) is 0 Å². The van der Waals surface area contributed by atoms with Gasteiger partial charge in [0.05, 0.1) is 11.4 Å². The van der Waals surface area contributed by atoms with Gasteiger partial charge in [-0.15, -0.1) is 0 Å². The van der Waals surface area contributed by atoms with Crippen molar-refractivity contribution >= 4 is 29.3 Å². The van der Waals surface area contributed by atoms with E-state index in [0.717, 1.165) is 0 Å². The number of carbonyl (C=O) groups excluding carboxylic acids is 2. The molecule has 3 aromatic rings. The van der Waals surface area contributed by atoms with E-state index in [2.05, 4.69) is 10.3 Å². The van der Waals surface area contributed by atoms with Gasteiger partial charge in [-0.3, -0.25) is 14.2 Å². The lowest BCUT2D eigenvalue weighted by Crippen LogP contribution is -2.42. The van der Waals surface area contributed by atoms with Crippen molar-refractivity contribution in [3.63, 3.8) is 0 Å². The molecule has 1 saturated heterocycles. The Morgan fingerprint density at radius 2 is 1.94 bits per heavy atom. The van der Waals surface area contributed by atoms with Crippen molar-refractivity contribution < 1.29 is 23.5 Å². The van der Waals surface area contributed by atoms with Crippen molar-refractivity contribution in [2.24, 2.45) is 5.92 Å². The second-order valence-electron chi connectivity index (χ2n) is 8.06. The van der Waals surface area contributed by atoms with E-state index in [4.69, 9.17) is 9.47 Å². The van der Waals surface area contributed by atoms with Crippen LogP contribution in [0.3, 0.4) is 0 Å². The van der Waals surface area contributed by atoms with Crippen LogP contribution in [0.1, 0.15) is 12.8 Å². The lowest BCUT2D eigenvalue weighted by atomic mass is 9.96. The maximum atomic E-state index is 13.6. The van der Waals surface area contributed by atoms with Crippen molar-refractivity contribution in [1.29, 1.82) is 0 Å². The van der Waals surface area contributed by atoms with Crippen LogP contribution >= 0.6 is 11.8 Å². The number of hydrogen-bond donors (Lipinski definition) is 1. The van der Waals surface area contributed by atoms with Crippen molar-refractivity contribution in [2.45, 2.75) is 18.0 Å². The first-order chi connectivity index (χ1) is 16.6. The summed E-state index contributed by atoms with van der Waals surface area (Å²) in [6.07, 6.45) is 4.57. The molecule has 2 aliphatic rings. The van der Waals surface area contributed by atoms with Gasteiger partial charge in [-0.25, -0.2) is 9.37 Å². The zero-order valence-electron chi connectivity index (χ0n) is 18.3. The van der Waals surface area contributed by atoms with Gasteiger partial charge >= 0.3 is 0 Å². The molecule has 0 radical (unpaired) electrons. The second kappa shape index (κ2) is 9.76. The van der Waals surface area contributed by atoms with E-state index >= 15 is 0 Å². The summed E-state index contributed by atoms with van der Waals surface area (Å²) in [6, 6.07) is 11.5. The SMILES string of the molecule is O=C(Nc1ccc2c(c1)OCO2)C1CCN(C(=O)CSc2nccn2-c2cccc(F)c2)CC1. The number of aromatic nitrogens is 2. The highest BCUT2D eigenvalue weighted by molar-refractivity contribution is 7.99. The smallest absolute Gasteiger partial charge is 0.233 e. The lowest BCUT2D eigenvalue weighted by Gasteiger charge is -2.31. The Balaban J connectivity index is 1.11. The van der Waals surface area contributed by atoms with Gasteiger partial charge in [0.15, 0.2) is 16.7 Å². The first kappa shape index (κ1) is 22.3. The first-order valence-electron chi connectivity index (χ1n) is 11.0. The number of nitrogens with one attached hydrogen (secondary N) is 1. The molecule has 0 bridgehead atoms. The summed E-state index contributed by atoms with van der Waals surface area (Å²) in [5, 5.41) is 3.56. The Labute approximate surface area is 200 Å². The quantitative estimate of drug-likeness (QED) is 0.539. The number of amides is 2. The molecule has 3 heterocycles. The van der Waals surface area contributed by atoms with Gasteiger partial charge in [0, 0.05) is 43.2 Å². The average Bonchev–Trinajstić information content (AvgIpc) is 3.52. The molecule has 2 amide bonds. The summed E-state index contributed by atoms with van der Waals surface area (Å²) in [5.74, 6) is 0.957. The van der Waals surface area contributed by atoms with E-state index in [-0.39, 0.29) is 36.1 Å². The number of likely N-dealkylation sites (tertiary alicyclic amines) is 1. The fourth-order valence-electron chi connectivity index (χ4n) is 4.05. The molecule has 0 aliphatic carbocycles. The molecule has 2 aromatic carbocycles. The second-order valence-corrected chi connectivity index (χ2v) is 9.00. The van der Waals surface area contributed by atoms with Gasteiger partial charge in [0.2, 0.25) is 18.6 Å². The third-order valence-electron chi connectivity index (χ3n) is 5.88. The molecule has 1 fully saturated rings. The van der Waals surface area contributed by atoms with Crippen LogP contribution in [0, 0.1) is 11.7 Å². The predicted octanol–water partition coefficient (Wildman–Crippen LogP) is 3.71. The summed E-state index contributed by atoms with van der Waals surface area (Å²) in [7, 11) is 0. The predicted molar refractivity (Wildman–Crippen MR) is 125 cm³/mol. The highest BCUT2D eigenvalue weighted by atomic mass is 32.2. The third-order valence-corrected chi connectivity index (χ3v) is 6.83. The molecule has 176 valence electrons. The van der Waals surface area contributed by atoms with Gasteiger partial charge in [-0.05, 0) is 43.2 Å². The largest absolute Gasteiger partial charge is 0.454 e. The topological polar surface area (TPSA) is 85.7 Å². The number of carbonyl (C=O) groups is 2. The number of hydrogen-bond acceptors (Lipinski definition) is 6. The molecule has 8 nitrogen and oxygen atoms in total. The van der Waals surface area contributed by atoms with Gasteiger partial charge in [0.25, 0.3) is 0 Å². The molecular formula is C24H23FN4O4S. The van der Waals surface area contributed by atoms with E-state index in [0.29, 0.717) is 54.0 Å². The highest BCUT2D eigenvalue weighted by Gasteiger charge is 2.28. The van der Waals surface area contributed by atoms with E-state index in [1.54, 1.807) is 52.2 Å². The molecule has 1 aromatic heterocycles. The zero-order valence-corrected chi connectivity index (χ0v) is 19.1. The molecule has 34 heavy (non-hydrogen) atoms. The minimum Gasteiger partial charge on any atom is -0.454 e. The number of halogens is 1.